The number of aldehydes is 1. The van der Waals surface area contributed by atoms with Crippen molar-refractivity contribution in [2.75, 3.05) is 36.2 Å². The van der Waals surface area contributed by atoms with Crippen molar-refractivity contribution >= 4 is 23.3 Å². The van der Waals surface area contributed by atoms with Crippen LogP contribution in [0.2, 0.25) is 0 Å². The highest BCUT2D eigenvalue weighted by molar-refractivity contribution is 5.74. The van der Waals surface area contributed by atoms with E-state index in [0.29, 0.717) is 31.2 Å². The molecule has 26 heavy (non-hydrogen) atoms. The maximum atomic E-state index is 11.6. The first-order valence-electron chi connectivity index (χ1n) is 8.83. The van der Waals surface area contributed by atoms with Crippen LogP contribution in [0.15, 0.2) is 42.5 Å². The van der Waals surface area contributed by atoms with E-state index in [2.05, 4.69) is 6.92 Å². The molecule has 4 N–H and O–H groups in total. The van der Waals surface area contributed by atoms with Crippen LogP contribution in [0.1, 0.15) is 24.9 Å². The highest BCUT2D eigenvalue weighted by atomic mass is 16.5. The van der Waals surface area contributed by atoms with Gasteiger partial charge < -0.3 is 30.6 Å². The fourth-order valence-corrected chi connectivity index (χ4v) is 3.15. The maximum Gasteiger partial charge on any atom is 0.144 e. The third kappa shape index (κ3) is 3.75. The van der Waals surface area contributed by atoms with Gasteiger partial charge in [-0.15, -0.1) is 0 Å². The molecule has 0 amide bonds. The zero-order valence-corrected chi connectivity index (χ0v) is 14.9. The van der Waals surface area contributed by atoms with Gasteiger partial charge in [-0.05, 0) is 42.3 Å². The van der Waals surface area contributed by atoms with Crippen LogP contribution in [0.5, 0.6) is 5.75 Å². The lowest BCUT2D eigenvalue weighted by atomic mass is 10.0. The summed E-state index contributed by atoms with van der Waals surface area (Å²) in [6, 6.07) is 12.9. The van der Waals surface area contributed by atoms with Gasteiger partial charge >= 0.3 is 0 Å². The van der Waals surface area contributed by atoms with Gasteiger partial charge in [0.1, 0.15) is 18.1 Å². The van der Waals surface area contributed by atoms with Gasteiger partial charge in [0, 0.05) is 5.69 Å². The minimum absolute atomic E-state index is 0.0952. The predicted molar refractivity (Wildman–Crippen MR) is 103 cm³/mol. The molecule has 1 saturated heterocycles. The number of carbonyl (C=O) groups excluding carboxylic acids is 1. The molecular weight excluding hydrogens is 330 g/mol. The fourth-order valence-electron chi connectivity index (χ4n) is 3.15. The number of nitrogens with zero attached hydrogens (tertiary/aromatic N) is 1. The van der Waals surface area contributed by atoms with E-state index in [1.165, 1.54) is 0 Å². The summed E-state index contributed by atoms with van der Waals surface area (Å²) in [5.41, 5.74) is 14.7. The number of hydrogen-bond donors (Lipinski definition) is 2. The van der Waals surface area contributed by atoms with E-state index < -0.39 is 0 Å². The molecule has 138 valence electrons. The Balaban J connectivity index is 1.92. The summed E-state index contributed by atoms with van der Waals surface area (Å²) in [6.45, 7) is 3.60. The molecule has 0 bridgehead atoms. The van der Waals surface area contributed by atoms with Crippen LogP contribution < -0.4 is 21.1 Å². The van der Waals surface area contributed by atoms with Crippen molar-refractivity contribution in [1.29, 1.82) is 0 Å². The van der Waals surface area contributed by atoms with E-state index >= 15 is 0 Å². The normalized spacial score (nSPS) is 20.0. The van der Waals surface area contributed by atoms with Crippen molar-refractivity contribution in [2.45, 2.75) is 25.4 Å². The number of ether oxygens (including phenoxy) is 2. The van der Waals surface area contributed by atoms with Gasteiger partial charge in [0.25, 0.3) is 0 Å². The molecule has 0 spiro atoms. The first-order valence-corrected chi connectivity index (χ1v) is 8.83. The Morgan fingerprint density at radius 3 is 2.58 bits per heavy atom. The number of nitrogen functional groups attached to an aromatic ring is 2. The Bertz CT molecular complexity index is 748. The second-order valence-corrected chi connectivity index (χ2v) is 6.39. The van der Waals surface area contributed by atoms with Crippen LogP contribution in [0.3, 0.4) is 0 Å². The van der Waals surface area contributed by atoms with Crippen molar-refractivity contribution in [1.82, 2.24) is 0 Å². The quantitative estimate of drug-likeness (QED) is 0.612. The number of nitrogens with two attached hydrogens (primary N) is 2. The second-order valence-electron chi connectivity index (χ2n) is 6.39. The summed E-state index contributed by atoms with van der Waals surface area (Å²) in [5.74, 6) is 0.836. The van der Waals surface area contributed by atoms with E-state index in [0.717, 1.165) is 29.7 Å². The number of benzene rings is 2. The first kappa shape index (κ1) is 18.1. The van der Waals surface area contributed by atoms with Gasteiger partial charge in [0.2, 0.25) is 0 Å². The average Bonchev–Trinajstić information content (AvgIpc) is 2.68. The number of rotatable bonds is 6. The van der Waals surface area contributed by atoms with E-state index in [-0.39, 0.29) is 12.1 Å². The largest absolute Gasteiger partial charge is 0.494 e. The minimum Gasteiger partial charge on any atom is -0.494 e. The minimum atomic E-state index is -0.382. The summed E-state index contributed by atoms with van der Waals surface area (Å²) in [7, 11) is 0. The zero-order valence-electron chi connectivity index (χ0n) is 14.9. The molecule has 3 rings (SSSR count). The smallest absolute Gasteiger partial charge is 0.144 e. The standard InChI is InChI=1S/C20H25N3O3/c1-2-9-26-17-6-3-14(4-7-17)20-13-25-12-16(11-24)23(20)15-5-8-18(21)19(22)10-15/h3-8,10-11,16,20H,2,9,12-13,21-22H2,1H3/t16?,20-/m1/s1. The number of morpholine rings is 1. The molecule has 1 unspecified atom stereocenters. The van der Waals surface area contributed by atoms with Gasteiger partial charge in [-0.1, -0.05) is 19.1 Å². The van der Waals surface area contributed by atoms with Crippen molar-refractivity contribution in [3.8, 4) is 5.75 Å². The molecule has 0 radical (unpaired) electrons. The van der Waals surface area contributed by atoms with E-state index in [1.54, 1.807) is 6.07 Å². The molecule has 6 nitrogen and oxygen atoms in total. The predicted octanol–water partition coefficient (Wildman–Crippen LogP) is 2.79. The monoisotopic (exact) mass is 355 g/mol. The van der Waals surface area contributed by atoms with Crippen molar-refractivity contribution < 1.29 is 14.3 Å². The number of carbonyl (C=O) groups is 1. The van der Waals surface area contributed by atoms with E-state index in [1.807, 2.05) is 41.3 Å². The molecule has 0 aliphatic carbocycles. The SMILES string of the molecule is CCCOc1ccc([C@H]2COCC(C=O)N2c2ccc(N)c(N)c2)cc1. The summed E-state index contributed by atoms with van der Waals surface area (Å²) in [5, 5.41) is 0. The molecule has 1 fully saturated rings. The Morgan fingerprint density at radius 2 is 1.92 bits per heavy atom. The third-order valence-electron chi connectivity index (χ3n) is 4.52. The lowest BCUT2D eigenvalue weighted by molar-refractivity contribution is -0.111. The van der Waals surface area contributed by atoms with Crippen LogP contribution in [-0.4, -0.2) is 32.1 Å². The van der Waals surface area contributed by atoms with Crippen LogP contribution >= 0.6 is 0 Å². The van der Waals surface area contributed by atoms with Crippen molar-refractivity contribution in [2.24, 2.45) is 0 Å². The van der Waals surface area contributed by atoms with Gasteiger partial charge in [0.05, 0.1) is 37.2 Å². The Labute approximate surface area is 153 Å². The van der Waals surface area contributed by atoms with E-state index in [4.69, 9.17) is 20.9 Å². The highest BCUT2D eigenvalue weighted by Gasteiger charge is 2.32. The Hall–Kier alpha value is -2.73. The van der Waals surface area contributed by atoms with Crippen LogP contribution in [-0.2, 0) is 9.53 Å². The molecule has 6 heteroatoms. The average molecular weight is 355 g/mol. The number of hydrogen-bond acceptors (Lipinski definition) is 6. The summed E-state index contributed by atoms with van der Waals surface area (Å²) in [6.07, 6.45) is 1.88. The second kappa shape index (κ2) is 8.10. The molecule has 2 atom stereocenters. The van der Waals surface area contributed by atoms with Crippen LogP contribution in [0.4, 0.5) is 17.1 Å². The summed E-state index contributed by atoms with van der Waals surface area (Å²) in [4.78, 5) is 13.7. The van der Waals surface area contributed by atoms with Crippen LogP contribution in [0, 0.1) is 0 Å². The highest BCUT2D eigenvalue weighted by Crippen LogP contribution is 2.35. The molecule has 1 aliphatic heterocycles. The van der Waals surface area contributed by atoms with E-state index in [9.17, 15) is 4.79 Å². The third-order valence-corrected chi connectivity index (χ3v) is 4.52. The van der Waals surface area contributed by atoms with Crippen molar-refractivity contribution in [3.63, 3.8) is 0 Å². The molecule has 2 aromatic carbocycles. The zero-order chi connectivity index (χ0) is 18.5. The fraction of sp³-hybridized carbons (Fsp3) is 0.350. The Kier molecular flexibility index (Phi) is 5.63. The Morgan fingerprint density at radius 1 is 1.15 bits per heavy atom. The lowest BCUT2D eigenvalue weighted by Crippen LogP contribution is -2.48. The molecule has 1 heterocycles. The molecule has 0 aromatic heterocycles. The van der Waals surface area contributed by atoms with Crippen LogP contribution in [0.25, 0.3) is 0 Å². The summed E-state index contributed by atoms with van der Waals surface area (Å²) >= 11 is 0. The molecular formula is C20H25N3O3. The van der Waals surface area contributed by atoms with Gasteiger partial charge in [-0.25, -0.2) is 0 Å². The van der Waals surface area contributed by atoms with Crippen molar-refractivity contribution in [3.05, 3.63) is 48.0 Å². The van der Waals surface area contributed by atoms with Gasteiger partial charge in [-0.2, -0.15) is 0 Å². The summed E-state index contributed by atoms with van der Waals surface area (Å²) < 4.78 is 11.3. The van der Waals surface area contributed by atoms with Gasteiger partial charge in [0.15, 0.2) is 0 Å². The topological polar surface area (TPSA) is 90.8 Å². The lowest BCUT2D eigenvalue weighted by Gasteiger charge is -2.41. The molecule has 1 aliphatic rings. The first-order chi connectivity index (χ1) is 12.6. The number of anilines is 3. The van der Waals surface area contributed by atoms with Gasteiger partial charge in [-0.3, -0.25) is 0 Å². The molecule has 2 aromatic rings. The maximum absolute atomic E-state index is 11.6. The molecule has 0 saturated carbocycles.